The lowest BCUT2D eigenvalue weighted by atomic mass is 10.2. The molecular formula is C12H14F4N2. The molecule has 1 aromatic rings. The molecule has 6 heteroatoms. The summed E-state index contributed by atoms with van der Waals surface area (Å²) in [6, 6.07) is 4.99. The van der Waals surface area contributed by atoms with Crippen LogP contribution in [0, 0.1) is 5.82 Å². The van der Waals surface area contributed by atoms with Crippen LogP contribution in [0.3, 0.4) is 0 Å². The Morgan fingerprint density at radius 3 is 2.33 bits per heavy atom. The normalized spacial score (nSPS) is 13.0. The van der Waals surface area contributed by atoms with Gasteiger partial charge in [-0.3, -0.25) is 5.01 Å². The monoisotopic (exact) mass is 262 g/mol. The molecule has 0 saturated carbocycles. The van der Waals surface area contributed by atoms with Crippen molar-refractivity contribution in [2.45, 2.75) is 33.0 Å². The summed E-state index contributed by atoms with van der Waals surface area (Å²) in [7, 11) is 0. The van der Waals surface area contributed by atoms with Crippen LogP contribution in [0.2, 0.25) is 0 Å². The molecule has 0 N–H and O–H groups in total. The van der Waals surface area contributed by atoms with Crippen molar-refractivity contribution in [1.82, 2.24) is 0 Å². The first-order chi connectivity index (χ1) is 8.21. The quantitative estimate of drug-likeness (QED) is 0.457. The van der Waals surface area contributed by atoms with Gasteiger partial charge >= 0.3 is 6.18 Å². The minimum Gasteiger partial charge on any atom is -0.263 e. The van der Waals surface area contributed by atoms with E-state index in [4.69, 9.17) is 0 Å². The minimum absolute atomic E-state index is 0.286. The van der Waals surface area contributed by atoms with Gasteiger partial charge in [-0.15, -0.1) is 0 Å². The van der Waals surface area contributed by atoms with Crippen LogP contribution in [-0.4, -0.2) is 17.9 Å². The molecule has 0 aliphatic carbocycles. The lowest BCUT2D eigenvalue weighted by Gasteiger charge is -2.24. The van der Waals surface area contributed by atoms with Gasteiger partial charge in [-0.1, -0.05) is 6.07 Å². The Bertz CT molecular complexity index is 438. The second kappa shape index (κ2) is 5.37. The lowest BCUT2D eigenvalue weighted by molar-refractivity contribution is -0.0594. The van der Waals surface area contributed by atoms with Crippen molar-refractivity contribution in [3.05, 3.63) is 30.1 Å². The van der Waals surface area contributed by atoms with Crippen LogP contribution in [-0.2, 0) is 0 Å². The van der Waals surface area contributed by atoms with E-state index in [0.29, 0.717) is 0 Å². The van der Waals surface area contributed by atoms with Crippen molar-refractivity contribution in [1.29, 1.82) is 0 Å². The van der Waals surface area contributed by atoms with Crippen LogP contribution in [0.1, 0.15) is 20.8 Å². The number of hydrogen-bond donors (Lipinski definition) is 0. The molecule has 0 saturated heterocycles. The summed E-state index contributed by atoms with van der Waals surface area (Å²) in [4.78, 5) is 0. The summed E-state index contributed by atoms with van der Waals surface area (Å²) in [5.41, 5.74) is -0.686. The molecule has 0 bridgehead atoms. The number of benzene rings is 1. The molecule has 2 nitrogen and oxygen atoms in total. The van der Waals surface area contributed by atoms with E-state index in [0.717, 1.165) is 18.0 Å². The molecule has 0 fully saturated rings. The summed E-state index contributed by atoms with van der Waals surface area (Å²) in [5, 5.41) is 4.66. The number of hydrazone groups is 1. The number of alkyl halides is 3. The molecule has 18 heavy (non-hydrogen) atoms. The van der Waals surface area contributed by atoms with Crippen LogP contribution in [0.5, 0.6) is 0 Å². The van der Waals surface area contributed by atoms with E-state index in [1.54, 1.807) is 13.8 Å². The predicted octanol–water partition coefficient (Wildman–Crippen LogP) is 3.98. The van der Waals surface area contributed by atoms with Crippen molar-refractivity contribution in [3.63, 3.8) is 0 Å². The molecule has 0 amide bonds. The van der Waals surface area contributed by atoms with Crippen LogP contribution < -0.4 is 5.01 Å². The van der Waals surface area contributed by atoms with E-state index in [2.05, 4.69) is 5.10 Å². The number of rotatable bonds is 3. The Morgan fingerprint density at radius 2 is 1.89 bits per heavy atom. The van der Waals surface area contributed by atoms with E-state index in [1.807, 2.05) is 0 Å². The van der Waals surface area contributed by atoms with E-state index < -0.39 is 17.7 Å². The molecule has 0 spiro atoms. The van der Waals surface area contributed by atoms with Crippen molar-refractivity contribution in [3.8, 4) is 0 Å². The van der Waals surface area contributed by atoms with Gasteiger partial charge in [-0.05, 0) is 39.0 Å². The first kappa shape index (κ1) is 14.5. The topological polar surface area (TPSA) is 15.6 Å². The number of halogens is 4. The summed E-state index contributed by atoms with van der Waals surface area (Å²) >= 11 is 0. The fourth-order valence-electron chi connectivity index (χ4n) is 1.31. The molecule has 0 aromatic heterocycles. The molecule has 0 aliphatic rings. The first-order valence-electron chi connectivity index (χ1n) is 5.39. The maximum atomic E-state index is 13.1. The Kier molecular flexibility index (Phi) is 4.32. The highest BCUT2D eigenvalue weighted by Crippen LogP contribution is 2.22. The fourth-order valence-corrected chi connectivity index (χ4v) is 1.31. The Morgan fingerprint density at radius 1 is 1.28 bits per heavy atom. The van der Waals surface area contributed by atoms with E-state index >= 15 is 0 Å². The Hall–Kier alpha value is -1.59. The van der Waals surface area contributed by atoms with E-state index in [1.165, 1.54) is 18.2 Å². The smallest absolute Gasteiger partial charge is 0.263 e. The first-order valence-corrected chi connectivity index (χ1v) is 5.39. The number of hydrogen-bond acceptors (Lipinski definition) is 2. The van der Waals surface area contributed by atoms with Gasteiger partial charge in [-0.25, -0.2) is 4.39 Å². The fraction of sp³-hybridized carbons (Fsp3) is 0.417. The Balaban J connectivity index is 3.12. The minimum atomic E-state index is -4.49. The molecule has 0 aliphatic heterocycles. The van der Waals surface area contributed by atoms with E-state index in [-0.39, 0.29) is 11.7 Å². The summed E-state index contributed by atoms with van der Waals surface area (Å²) in [6.07, 6.45) is -4.49. The SMILES string of the molecule is C/C(=N\N(c1cccc(F)c1)C(C)C)C(F)(F)F. The van der Waals surface area contributed by atoms with Crippen LogP contribution in [0.4, 0.5) is 23.2 Å². The molecular weight excluding hydrogens is 248 g/mol. The molecule has 0 unspecified atom stereocenters. The molecule has 0 heterocycles. The van der Waals surface area contributed by atoms with Crippen molar-refractivity contribution in [2.24, 2.45) is 5.10 Å². The van der Waals surface area contributed by atoms with Gasteiger partial charge in [0.05, 0.1) is 5.69 Å². The van der Waals surface area contributed by atoms with Crippen LogP contribution in [0.15, 0.2) is 29.4 Å². The zero-order valence-electron chi connectivity index (χ0n) is 10.3. The van der Waals surface area contributed by atoms with Gasteiger partial charge in [0, 0.05) is 6.04 Å². The van der Waals surface area contributed by atoms with Gasteiger partial charge in [0.2, 0.25) is 0 Å². The third kappa shape index (κ3) is 3.72. The largest absolute Gasteiger partial charge is 0.430 e. The van der Waals surface area contributed by atoms with Gasteiger partial charge < -0.3 is 0 Å². The maximum absolute atomic E-state index is 13.1. The van der Waals surface area contributed by atoms with Crippen LogP contribution in [0.25, 0.3) is 0 Å². The lowest BCUT2D eigenvalue weighted by Crippen LogP contribution is -2.30. The van der Waals surface area contributed by atoms with Gasteiger partial charge in [-0.2, -0.15) is 18.3 Å². The van der Waals surface area contributed by atoms with E-state index in [9.17, 15) is 17.6 Å². The predicted molar refractivity (Wildman–Crippen MR) is 63.2 cm³/mol. The van der Waals surface area contributed by atoms with Crippen molar-refractivity contribution >= 4 is 11.4 Å². The van der Waals surface area contributed by atoms with Crippen LogP contribution >= 0.6 is 0 Å². The Labute approximate surface area is 103 Å². The summed E-state index contributed by atoms with van der Waals surface area (Å²) in [5.74, 6) is -0.516. The maximum Gasteiger partial charge on any atom is 0.430 e. The summed E-state index contributed by atoms with van der Waals surface area (Å²) in [6.45, 7) is 4.24. The van der Waals surface area contributed by atoms with Gasteiger partial charge in [0.15, 0.2) is 0 Å². The molecule has 0 atom stereocenters. The third-order valence-corrected chi connectivity index (χ3v) is 2.23. The highest BCUT2D eigenvalue weighted by atomic mass is 19.4. The zero-order chi connectivity index (χ0) is 13.9. The molecule has 1 rings (SSSR count). The highest BCUT2D eigenvalue weighted by molar-refractivity contribution is 5.88. The van der Waals surface area contributed by atoms with Gasteiger partial charge in [0.1, 0.15) is 11.5 Å². The highest BCUT2D eigenvalue weighted by Gasteiger charge is 2.33. The standard InChI is InChI=1S/C12H14F4N2/c1-8(2)18(17-9(3)12(14,15)16)11-6-4-5-10(13)7-11/h4-8H,1-3H3/b17-9+. The second-order valence-electron chi connectivity index (χ2n) is 4.10. The molecule has 0 radical (unpaired) electrons. The molecule has 1 aromatic carbocycles. The van der Waals surface area contributed by atoms with Crippen molar-refractivity contribution < 1.29 is 17.6 Å². The van der Waals surface area contributed by atoms with Gasteiger partial charge in [0.25, 0.3) is 0 Å². The second-order valence-corrected chi connectivity index (χ2v) is 4.10. The van der Waals surface area contributed by atoms with Crippen molar-refractivity contribution in [2.75, 3.05) is 5.01 Å². The average Bonchev–Trinajstić information content (AvgIpc) is 2.23. The average molecular weight is 262 g/mol. The number of anilines is 1. The molecule has 100 valence electrons. The zero-order valence-corrected chi connectivity index (χ0v) is 10.3. The summed E-state index contributed by atoms with van der Waals surface area (Å²) < 4.78 is 50.4. The number of nitrogens with zero attached hydrogens (tertiary/aromatic N) is 2. The third-order valence-electron chi connectivity index (χ3n) is 2.23.